The molecule has 0 bridgehead atoms. The van der Waals surface area contributed by atoms with E-state index < -0.39 is 18.1 Å². The summed E-state index contributed by atoms with van der Waals surface area (Å²) in [5, 5.41) is 6.99. The van der Waals surface area contributed by atoms with Gasteiger partial charge in [-0.2, -0.15) is 18.3 Å². The SMILES string of the molecule is NC(=O)C1(c2ccccc2CCc2nc(Nc3ccn(CC(F)(F)F)n3)ncc2Cl)CC1. The zero-order chi connectivity index (χ0) is 22.9. The first kappa shape index (κ1) is 22.1. The van der Waals surface area contributed by atoms with E-state index in [1.54, 1.807) is 0 Å². The standard InChI is InChI=1S/C21H20ClF3N6O/c22-15-11-27-19(29-17-7-10-31(30-17)12-21(23,24)25)28-16(15)6-5-13-3-1-2-4-14(13)20(8-9-20)18(26)32/h1-4,7,10-11H,5-6,8-9,12H2,(H2,26,32)(H,27,28,29,30). The monoisotopic (exact) mass is 464 g/mol. The number of halogens is 4. The van der Waals surface area contributed by atoms with Gasteiger partial charge >= 0.3 is 6.18 Å². The number of hydrogen-bond acceptors (Lipinski definition) is 5. The van der Waals surface area contributed by atoms with Gasteiger partial charge in [-0.25, -0.2) is 9.97 Å². The Bertz CT molecular complexity index is 1140. The summed E-state index contributed by atoms with van der Waals surface area (Å²) in [7, 11) is 0. The van der Waals surface area contributed by atoms with Gasteiger partial charge in [0, 0.05) is 12.3 Å². The highest BCUT2D eigenvalue weighted by atomic mass is 35.5. The second-order valence-corrected chi connectivity index (χ2v) is 8.14. The van der Waals surface area contributed by atoms with Crippen LogP contribution in [0, 0.1) is 0 Å². The van der Waals surface area contributed by atoms with Crippen LogP contribution in [0.4, 0.5) is 24.9 Å². The van der Waals surface area contributed by atoms with Gasteiger partial charge in [-0.3, -0.25) is 9.48 Å². The summed E-state index contributed by atoms with van der Waals surface area (Å²) in [6.45, 7) is -1.19. The zero-order valence-corrected chi connectivity index (χ0v) is 17.6. The molecule has 168 valence electrons. The molecular weight excluding hydrogens is 445 g/mol. The van der Waals surface area contributed by atoms with Gasteiger partial charge in [0.25, 0.3) is 0 Å². The van der Waals surface area contributed by atoms with Gasteiger partial charge in [-0.05, 0) is 36.8 Å². The summed E-state index contributed by atoms with van der Waals surface area (Å²) >= 11 is 6.26. The maximum atomic E-state index is 12.5. The van der Waals surface area contributed by atoms with Crippen molar-refractivity contribution in [2.45, 2.75) is 43.8 Å². The lowest BCUT2D eigenvalue weighted by molar-refractivity contribution is -0.142. The number of alkyl halides is 3. The topological polar surface area (TPSA) is 98.7 Å². The molecule has 2 heterocycles. The van der Waals surface area contributed by atoms with Gasteiger partial charge < -0.3 is 11.1 Å². The third-order valence-corrected chi connectivity index (χ3v) is 5.74. The molecule has 7 nitrogen and oxygen atoms in total. The lowest BCUT2D eigenvalue weighted by Gasteiger charge is -2.16. The number of carbonyl (C=O) groups is 1. The van der Waals surface area contributed by atoms with Crippen molar-refractivity contribution >= 4 is 29.3 Å². The number of hydrogen-bond donors (Lipinski definition) is 2. The average Bonchev–Trinajstić information content (AvgIpc) is 3.44. The Balaban J connectivity index is 1.48. The first-order valence-corrected chi connectivity index (χ1v) is 10.3. The maximum absolute atomic E-state index is 12.5. The van der Waals surface area contributed by atoms with Crippen molar-refractivity contribution in [1.29, 1.82) is 0 Å². The third-order valence-electron chi connectivity index (χ3n) is 5.42. The van der Waals surface area contributed by atoms with Gasteiger partial charge in [0.15, 0.2) is 5.82 Å². The molecule has 3 aromatic rings. The number of amides is 1. The summed E-state index contributed by atoms with van der Waals surface area (Å²) in [4.78, 5) is 20.4. The lowest BCUT2D eigenvalue weighted by Crippen LogP contribution is -2.29. The van der Waals surface area contributed by atoms with E-state index >= 15 is 0 Å². The third kappa shape index (κ3) is 4.85. The number of anilines is 2. The fourth-order valence-corrected chi connectivity index (χ4v) is 3.87. The van der Waals surface area contributed by atoms with Crippen molar-refractivity contribution in [2.75, 3.05) is 5.32 Å². The quantitative estimate of drug-likeness (QED) is 0.526. The molecule has 0 atom stereocenters. The number of primary amides is 1. The number of nitrogens with zero attached hydrogens (tertiary/aromatic N) is 4. The van der Waals surface area contributed by atoms with Crippen molar-refractivity contribution in [3.05, 3.63) is 64.6 Å². The fourth-order valence-electron chi connectivity index (χ4n) is 3.68. The Kier molecular flexibility index (Phi) is 5.81. The first-order valence-electron chi connectivity index (χ1n) is 9.93. The summed E-state index contributed by atoms with van der Waals surface area (Å²) < 4.78 is 38.3. The van der Waals surface area contributed by atoms with E-state index in [-0.39, 0.29) is 17.7 Å². The molecule has 4 rings (SSSR count). The molecule has 0 unspecified atom stereocenters. The number of aromatic nitrogens is 4. The van der Waals surface area contributed by atoms with Crippen molar-refractivity contribution < 1.29 is 18.0 Å². The molecule has 32 heavy (non-hydrogen) atoms. The first-order chi connectivity index (χ1) is 15.2. The predicted octanol–water partition coefficient (Wildman–Crippen LogP) is 3.93. The largest absolute Gasteiger partial charge is 0.408 e. The van der Waals surface area contributed by atoms with Gasteiger partial charge in [0.2, 0.25) is 11.9 Å². The summed E-state index contributed by atoms with van der Waals surface area (Å²) in [5.41, 5.74) is 7.55. The molecule has 0 spiro atoms. The molecular formula is C21H20ClF3N6O. The Morgan fingerprint density at radius 3 is 2.66 bits per heavy atom. The van der Waals surface area contributed by atoms with Crippen molar-refractivity contribution in [1.82, 2.24) is 19.7 Å². The number of benzene rings is 1. The molecule has 3 N–H and O–H groups in total. The number of aryl methyl sites for hydroxylation is 2. The maximum Gasteiger partial charge on any atom is 0.408 e. The molecule has 0 saturated heterocycles. The number of nitrogens with one attached hydrogen (secondary N) is 1. The van der Waals surface area contributed by atoms with E-state index in [1.807, 2.05) is 24.3 Å². The molecule has 1 aliphatic carbocycles. The van der Waals surface area contributed by atoms with E-state index in [0.717, 1.165) is 28.7 Å². The number of rotatable bonds is 8. The van der Waals surface area contributed by atoms with Crippen LogP contribution in [0.15, 0.2) is 42.7 Å². The minimum atomic E-state index is -4.36. The van der Waals surface area contributed by atoms with Crippen LogP contribution in [-0.4, -0.2) is 31.8 Å². The van der Waals surface area contributed by atoms with Gasteiger partial charge in [-0.15, -0.1) is 0 Å². The molecule has 1 aliphatic rings. The van der Waals surface area contributed by atoms with Crippen molar-refractivity contribution in [3.63, 3.8) is 0 Å². The van der Waals surface area contributed by atoms with E-state index in [9.17, 15) is 18.0 Å². The van der Waals surface area contributed by atoms with Crippen LogP contribution in [0.2, 0.25) is 5.02 Å². The fraction of sp³-hybridized carbons (Fsp3) is 0.333. The highest BCUT2D eigenvalue weighted by Crippen LogP contribution is 2.49. The molecule has 1 fully saturated rings. The normalized spacial score (nSPS) is 14.9. The van der Waals surface area contributed by atoms with Gasteiger partial charge in [0.05, 0.1) is 22.3 Å². The molecule has 1 saturated carbocycles. The summed E-state index contributed by atoms with van der Waals surface area (Å²) in [5.74, 6) is 0.0391. The summed E-state index contributed by atoms with van der Waals surface area (Å²) in [6, 6.07) is 9.08. The average molecular weight is 465 g/mol. The molecule has 0 radical (unpaired) electrons. The minimum Gasteiger partial charge on any atom is -0.369 e. The molecule has 1 amide bonds. The van der Waals surface area contributed by atoms with E-state index in [0.29, 0.717) is 23.6 Å². The Labute approximate surface area is 186 Å². The highest BCUT2D eigenvalue weighted by molar-refractivity contribution is 6.31. The Hall–Kier alpha value is -3.14. The number of carbonyl (C=O) groups excluding carboxylic acids is 1. The van der Waals surface area contributed by atoms with Crippen LogP contribution in [0.1, 0.15) is 29.7 Å². The van der Waals surface area contributed by atoms with E-state index in [1.165, 1.54) is 18.5 Å². The number of nitrogens with two attached hydrogens (primary N) is 1. The Morgan fingerprint density at radius 1 is 1.22 bits per heavy atom. The molecule has 0 aliphatic heterocycles. The second-order valence-electron chi connectivity index (χ2n) is 7.73. The van der Waals surface area contributed by atoms with Crippen LogP contribution < -0.4 is 11.1 Å². The van der Waals surface area contributed by atoms with Crippen LogP contribution in [0.3, 0.4) is 0 Å². The Morgan fingerprint density at radius 2 is 1.97 bits per heavy atom. The second kappa shape index (κ2) is 8.42. The lowest BCUT2D eigenvalue weighted by atomic mass is 9.88. The zero-order valence-electron chi connectivity index (χ0n) is 16.9. The van der Waals surface area contributed by atoms with Crippen molar-refractivity contribution in [3.8, 4) is 0 Å². The van der Waals surface area contributed by atoms with Crippen LogP contribution in [0.25, 0.3) is 0 Å². The predicted molar refractivity (Wildman–Crippen MR) is 113 cm³/mol. The summed E-state index contributed by atoms with van der Waals surface area (Å²) in [6.07, 6.45) is 0.820. The smallest absolute Gasteiger partial charge is 0.369 e. The minimum absolute atomic E-state index is 0.172. The van der Waals surface area contributed by atoms with Crippen LogP contribution >= 0.6 is 11.6 Å². The van der Waals surface area contributed by atoms with Crippen LogP contribution in [0.5, 0.6) is 0 Å². The molecule has 1 aromatic carbocycles. The molecule has 2 aromatic heterocycles. The van der Waals surface area contributed by atoms with Gasteiger partial charge in [-0.1, -0.05) is 35.9 Å². The van der Waals surface area contributed by atoms with E-state index in [4.69, 9.17) is 17.3 Å². The van der Waals surface area contributed by atoms with E-state index in [2.05, 4.69) is 20.4 Å². The highest BCUT2D eigenvalue weighted by Gasteiger charge is 2.50. The van der Waals surface area contributed by atoms with Crippen molar-refractivity contribution in [2.24, 2.45) is 5.73 Å². The van der Waals surface area contributed by atoms with Crippen LogP contribution in [-0.2, 0) is 29.6 Å². The van der Waals surface area contributed by atoms with Gasteiger partial charge in [0.1, 0.15) is 6.54 Å². The molecule has 11 heteroatoms.